The van der Waals surface area contributed by atoms with Crippen LogP contribution in [0.15, 0.2) is 52.3 Å². The summed E-state index contributed by atoms with van der Waals surface area (Å²) in [4.78, 5) is 17.4. The molecule has 1 aliphatic heterocycles. The lowest BCUT2D eigenvalue weighted by molar-refractivity contribution is -0.137. The van der Waals surface area contributed by atoms with Crippen molar-refractivity contribution in [3.63, 3.8) is 0 Å². The fourth-order valence-electron chi connectivity index (χ4n) is 4.11. The summed E-state index contributed by atoms with van der Waals surface area (Å²) in [6.45, 7) is 5.60. The highest BCUT2D eigenvalue weighted by Crippen LogP contribution is 2.50. The lowest BCUT2D eigenvalue weighted by Crippen LogP contribution is -2.44. The Morgan fingerprint density at radius 3 is 2.44 bits per heavy atom. The molecule has 0 saturated carbocycles. The minimum Gasteiger partial charge on any atom is -0.404 e. The van der Waals surface area contributed by atoms with Crippen LogP contribution in [-0.4, -0.2) is 11.6 Å². The van der Waals surface area contributed by atoms with Gasteiger partial charge in [0, 0.05) is 23.8 Å². The number of hydrogen-bond acceptors (Lipinski definition) is 4. The van der Waals surface area contributed by atoms with E-state index in [2.05, 4.69) is 4.99 Å². The minimum absolute atomic E-state index is 0.127. The van der Waals surface area contributed by atoms with Crippen LogP contribution in [-0.2, 0) is 16.4 Å². The van der Waals surface area contributed by atoms with Crippen LogP contribution in [0.2, 0.25) is 0 Å². The highest BCUT2D eigenvalue weighted by Gasteiger charge is 2.48. The first-order valence-corrected chi connectivity index (χ1v) is 8.61. The summed E-state index contributed by atoms with van der Waals surface area (Å²) in [6, 6.07) is 4.95. The van der Waals surface area contributed by atoms with Crippen molar-refractivity contribution in [3.05, 3.63) is 58.4 Å². The van der Waals surface area contributed by atoms with Crippen LogP contribution in [0, 0.1) is 5.41 Å². The maximum Gasteiger partial charge on any atom is 0.416 e. The molecule has 4 nitrogen and oxygen atoms in total. The zero-order valence-corrected chi connectivity index (χ0v) is 15.4. The Morgan fingerprint density at radius 2 is 1.85 bits per heavy atom. The first kappa shape index (κ1) is 19.2. The van der Waals surface area contributed by atoms with E-state index in [1.165, 1.54) is 12.3 Å². The number of nitrogens with zero attached hydrogens (tertiary/aromatic N) is 1. The summed E-state index contributed by atoms with van der Waals surface area (Å²) in [6.07, 6.45) is -2.46. The number of carbonyl (C=O) groups is 1. The number of aliphatic imine (C=N–C) groups is 1. The topological polar surface area (TPSA) is 81.5 Å². The summed E-state index contributed by atoms with van der Waals surface area (Å²) < 4.78 is 39.8. The van der Waals surface area contributed by atoms with Gasteiger partial charge < -0.3 is 11.5 Å². The Bertz CT molecular complexity index is 909. The molecule has 1 unspecified atom stereocenters. The molecule has 27 heavy (non-hydrogen) atoms. The molecule has 0 saturated heterocycles. The number of benzene rings is 1. The Hall–Kier alpha value is -2.57. The first-order valence-electron chi connectivity index (χ1n) is 8.61. The lowest BCUT2D eigenvalue weighted by Gasteiger charge is -2.43. The fourth-order valence-corrected chi connectivity index (χ4v) is 4.11. The van der Waals surface area contributed by atoms with E-state index in [0.717, 1.165) is 12.1 Å². The van der Waals surface area contributed by atoms with Crippen molar-refractivity contribution < 1.29 is 18.0 Å². The van der Waals surface area contributed by atoms with Gasteiger partial charge in [-0.15, -0.1) is 0 Å². The number of allylic oxidation sites excluding steroid dienone is 2. The van der Waals surface area contributed by atoms with E-state index in [-0.39, 0.29) is 23.5 Å². The predicted molar refractivity (Wildman–Crippen MR) is 97.7 cm³/mol. The molecule has 0 spiro atoms. The summed E-state index contributed by atoms with van der Waals surface area (Å²) in [5.74, 6) is -0.0153. The molecular weight excluding hydrogens is 355 g/mol. The Balaban J connectivity index is 2.30. The van der Waals surface area contributed by atoms with Crippen molar-refractivity contribution in [1.29, 1.82) is 0 Å². The average molecular weight is 377 g/mol. The monoisotopic (exact) mass is 377 g/mol. The van der Waals surface area contributed by atoms with Gasteiger partial charge in [0.2, 0.25) is 0 Å². The second kappa shape index (κ2) is 5.97. The Labute approximate surface area is 155 Å². The molecule has 0 bridgehead atoms. The van der Waals surface area contributed by atoms with E-state index < -0.39 is 17.2 Å². The van der Waals surface area contributed by atoms with Gasteiger partial charge >= 0.3 is 6.18 Å². The number of carbonyl (C=O) groups excluding carboxylic acids is 1. The molecule has 0 aromatic heterocycles. The van der Waals surface area contributed by atoms with Crippen LogP contribution in [0.4, 0.5) is 13.2 Å². The van der Waals surface area contributed by atoms with Crippen LogP contribution in [0.5, 0.6) is 0 Å². The maximum atomic E-state index is 13.3. The Kier molecular flexibility index (Phi) is 4.25. The van der Waals surface area contributed by atoms with Crippen LogP contribution in [0.1, 0.15) is 44.7 Å². The van der Waals surface area contributed by atoms with Crippen LogP contribution in [0.25, 0.3) is 0 Å². The summed E-state index contributed by atoms with van der Waals surface area (Å²) >= 11 is 0. The van der Waals surface area contributed by atoms with Gasteiger partial charge in [-0.1, -0.05) is 32.0 Å². The highest BCUT2D eigenvalue weighted by atomic mass is 19.4. The van der Waals surface area contributed by atoms with E-state index in [1.807, 2.05) is 13.8 Å². The molecule has 1 aliphatic carbocycles. The molecule has 0 amide bonds. The third-order valence-corrected chi connectivity index (χ3v) is 5.36. The van der Waals surface area contributed by atoms with Gasteiger partial charge in [-0.2, -0.15) is 13.2 Å². The van der Waals surface area contributed by atoms with Gasteiger partial charge in [-0.05, 0) is 30.4 Å². The van der Waals surface area contributed by atoms with E-state index in [4.69, 9.17) is 11.5 Å². The van der Waals surface area contributed by atoms with Crippen molar-refractivity contribution in [3.8, 4) is 0 Å². The van der Waals surface area contributed by atoms with Crippen LogP contribution in [0.3, 0.4) is 0 Å². The smallest absolute Gasteiger partial charge is 0.404 e. The van der Waals surface area contributed by atoms with Gasteiger partial charge in [0.05, 0.1) is 16.7 Å². The van der Waals surface area contributed by atoms with Gasteiger partial charge in [-0.25, -0.2) is 4.99 Å². The average Bonchev–Trinajstić information content (AvgIpc) is 2.52. The molecule has 1 aromatic rings. The number of Topliss-reactive ketones (excluding diaryl/α,β-unsaturated/α-hetero) is 1. The third-order valence-electron chi connectivity index (χ3n) is 5.36. The zero-order chi connectivity index (χ0) is 20.2. The molecule has 1 heterocycles. The van der Waals surface area contributed by atoms with Crippen molar-refractivity contribution in [2.24, 2.45) is 21.9 Å². The molecule has 1 aromatic carbocycles. The third kappa shape index (κ3) is 3.05. The first-order chi connectivity index (χ1) is 12.4. The summed E-state index contributed by atoms with van der Waals surface area (Å²) in [7, 11) is 0. The number of alkyl halides is 3. The highest BCUT2D eigenvalue weighted by molar-refractivity contribution is 6.10. The molecule has 4 N–H and O–H groups in total. The second-order valence-electron chi connectivity index (χ2n) is 8.04. The van der Waals surface area contributed by atoms with Crippen molar-refractivity contribution in [2.75, 3.05) is 0 Å². The molecule has 144 valence electrons. The number of ketones is 1. The van der Waals surface area contributed by atoms with Gasteiger partial charge in [0.1, 0.15) is 5.84 Å². The fraction of sp³-hybridized carbons (Fsp3) is 0.400. The molecule has 7 heteroatoms. The van der Waals surface area contributed by atoms with Gasteiger partial charge in [0.25, 0.3) is 0 Å². The number of halogens is 3. The summed E-state index contributed by atoms with van der Waals surface area (Å²) in [5.41, 5.74) is 11.2. The largest absolute Gasteiger partial charge is 0.416 e. The molecule has 0 fully saturated rings. The second-order valence-corrected chi connectivity index (χ2v) is 8.04. The molecule has 0 radical (unpaired) electrons. The lowest BCUT2D eigenvalue weighted by atomic mass is 9.61. The number of amidine groups is 1. The molecule has 1 atom stereocenters. The molecular formula is C20H22F3N3O. The van der Waals surface area contributed by atoms with Crippen molar-refractivity contribution in [2.45, 2.75) is 45.2 Å². The number of nitrogens with two attached hydrogens (primary N) is 2. The SMILES string of the molecule is CC1(C)CC(=O)C2=C(C1)N=C(N)/C(=C\N)C2(C)c1cccc(C(F)(F)F)c1. The van der Waals surface area contributed by atoms with E-state index in [0.29, 0.717) is 28.8 Å². The standard InChI is InChI=1S/C20H22F3N3O/c1-18(2)8-14-16(15(27)9-18)19(3,13(10-24)17(25)26-14)11-5-4-6-12(7-11)20(21,22)23/h4-7,10H,8-9,24H2,1-3H3,(H2,25,26)/b13-10+. The van der Waals surface area contributed by atoms with E-state index in [9.17, 15) is 18.0 Å². The van der Waals surface area contributed by atoms with E-state index in [1.54, 1.807) is 13.0 Å². The number of rotatable bonds is 1. The maximum absolute atomic E-state index is 13.3. The predicted octanol–water partition coefficient (Wildman–Crippen LogP) is 3.82. The summed E-state index contributed by atoms with van der Waals surface area (Å²) in [5, 5.41) is 0. The van der Waals surface area contributed by atoms with Crippen molar-refractivity contribution in [1.82, 2.24) is 0 Å². The quantitative estimate of drug-likeness (QED) is 0.781. The molecule has 2 aliphatic rings. The van der Waals surface area contributed by atoms with E-state index >= 15 is 0 Å². The van der Waals surface area contributed by atoms with Crippen LogP contribution >= 0.6 is 0 Å². The van der Waals surface area contributed by atoms with Gasteiger partial charge in [-0.3, -0.25) is 4.79 Å². The van der Waals surface area contributed by atoms with Gasteiger partial charge in [0.15, 0.2) is 5.78 Å². The van der Waals surface area contributed by atoms with Crippen molar-refractivity contribution >= 4 is 11.6 Å². The normalized spacial score (nSPS) is 26.8. The van der Waals surface area contributed by atoms with Crippen LogP contribution < -0.4 is 11.5 Å². The molecule has 3 rings (SSSR count). The minimum atomic E-state index is -4.50. The number of hydrogen-bond donors (Lipinski definition) is 2. The zero-order valence-electron chi connectivity index (χ0n) is 15.4. The Morgan fingerprint density at radius 1 is 1.19 bits per heavy atom.